The molecular formula is C17H27NO. The van der Waals surface area contributed by atoms with Gasteiger partial charge in [-0.25, -0.2) is 0 Å². The van der Waals surface area contributed by atoms with E-state index in [9.17, 15) is 0 Å². The van der Waals surface area contributed by atoms with Gasteiger partial charge >= 0.3 is 0 Å². The van der Waals surface area contributed by atoms with Crippen LogP contribution in [0.25, 0.3) is 0 Å². The molecule has 0 aliphatic carbocycles. The van der Waals surface area contributed by atoms with Crippen LogP contribution in [0.15, 0.2) is 36.9 Å². The molecule has 1 N–H and O–H groups in total. The van der Waals surface area contributed by atoms with Gasteiger partial charge in [0.15, 0.2) is 0 Å². The molecule has 0 spiro atoms. The van der Waals surface area contributed by atoms with Crippen LogP contribution >= 0.6 is 0 Å². The molecule has 1 aromatic carbocycles. The lowest BCUT2D eigenvalue weighted by atomic mass is 10.1. The summed E-state index contributed by atoms with van der Waals surface area (Å²) in [5.41, 5.74) is 1.22. The lowest BCUT2D eigenvalue weighted by molar-refractivity contribution is 0.357. The summed E-state index contributed by atoms with van der Waals surface area (Å²) in [6.07, 6.45) is 5.64. The Kier molecular flexibility index (Phi) is 7.99. The summed E-state index contributed by atoms with van der Waals surface area (Å²) >= 11 is 0. The van der Waals surface area contributed by atoms with Crippen LogP contribution in [0.2, 0.25) is 0 Å². The van der Waals surface area contributed by atoms with Crippen molar-refractivity contribution in [2.45, 2.75) is 39.7 Å². The molecule has 0 heterocycles. The first-order valence-corrected chi connectivity index (χ1v) is 7.26. The fourth-order valence-electron chi connectivity index (χ4n) is 1.97. The van der Waals surface area contributed by atoms with Gasteiger partial charge < -0.3 is 10.1 Å². The van der Waals surface area contributed by atoms with Crippen molar-refractivity contribution in [1.29, 1.82) is 0 Å². The smallest absolute Gasteiger partial charge is 0.124 e. The molecule has 2 nitrogen and oxygen atoms in total. The lowest BCUT2D eigenvalue weighted by Crippen LogP contribution is -2.15. The maximum Gasteiger partial charge on any atom is 0.124 e. The molecule has 0 bridgehead atoms. The molecule has 1 aromatic rings. The van der Waals surface area contributed by atoms with Gasteiger partial charge in [0, 0.05) is 12.1 Å². The molecule has 0 aliphatic rings. The number of hydrogen-bond donors (Lipinski definition) is 1. The monoisotopic (exact) mass is 261 g/mol. The van der Waals surface area contributed by atoms with Crippen molar-refractivity contribution in [3.63, 3.8) is 0 Å². The van der Waals surface area contributed by atoms with Gasteiger partial charge in [-0.05, 0) is 24.9 Å². The quantitative estimate of drug-likeness (QED) is 0.504. The Labute approximate surface area is 117 Å². The molecule has 0 amide bonds. The Morgan fingerprint density at radius 1 is 1.26 bits per heavy atom. The molecule has 0 saturated heterocycles. The minimum Gasteiger partial charge on any atom is -0.489 e. The van der Waals surface area contributed by atoms with Crippen molar-refractivity contribution >= 4 is 0 Å². The largest absolute Gasteiger partial charge is 0.489 e. The summed E-state index contributed by atoms with van der Waals surface area (Å²) < 4.78 is 5.64. The summed E-state index contributed by atoms with van der Waals surface area (Å²) in [4.78, 5) is 0. The van der Waals surface area contributed by atoms with Gasteiger partial charge in [-0.15, -0.1) is 0 Å². The van der Waals surface area contributed by atoms with E-state index in [-0.39, 0.29) is 0 Å². The number of unbranched alkanes of at least 4 members (excludes halogenated alkanes) is 1. The van der Waals surface area contributed by atoms with E-state index >= 15 is 0 Å². The van der Waals surface area contributed by atoms with Crippen LogP contribution in [0, 0.1) is 5.92 Å². The number of rotatable bonds is 10. The predicted octanol–water partition coefficient (Wildman–Crippen LogP) is 4.17. The van der Waals surface area contributed by atoms with E-state index in [1.54, 1.807) is 6.08 Å². The first kappa shape index (κ1) is 15.8. The van der Waals surface area contributed by atoms with Gasteiger partial charge in [-0.2, -0.15) is 0 Å². The summed E-state index contributed by atoms with van der Waals surface area (Å²) in [5.74, 6) is 1.77. The van der Waals surface area contributed by atoms with Crippen LogP contribution in [-0.4, -0.2) is 13.2 Å². The predicted molar refractivity (Wildman–Crippen MR) is 82.5 cm³/mol. The molecule has 0 aromatic heterocycles. The number of nitrogens with one attached hydrogen (secondary N) is 1. The molecule has 19 heavy (non-hydrogen) atoms. The number of benzene rings is 1. The molecule has 0 radical (unpaired) electrons. The molecule has 0 saturated carbocycles. The maximum atomic E-state index is 5.64. The minimum atomic E-state index is 0.561. The maximum absolute atomic E-state index is 5.64. The standard InChI is InChI=1S/C17H27NO/c1-4-13-19-17-11-6-5-10-16(17)14-18-12-8-7-9-15(2)3/h4-6,10-11,15,18H,1,7-9,12-14H2,2-3H3. The van der Waals surface area contributed by atoms with Crippen molar-refractivity contribution in [2.24, 2.45) is 5.92 Å². The Balaban J connectivity index is 2.26. The number of hydrogen-bond acceptors (Lipinski definition) is 2. The normalized spacial score (nSPS) is 10.7. The third-order valence-electron chi connectivity index (χ3n) is 3.03. The topological polar surface area (TPSA) is 21.3 Å². The second kappa shape index (κ2) is 9.62. The van der Waals surface area contributed by atoms with Crippen LogP contribution in [0.1, 0.15) is 38.7 Å². The first-order chi connectivity index (χ1) is 9.24. The Hall–Kier alpha value is -1.28. The first-order valence-electron chi connectivity index (χ1n) is 7.26. The fourth-order valence-corrected chi connectivity index (χ4v) is 1.97. The molecule has 2 heteroatoms. The summed E-state index contributed by atoms with van der Waals surface area (Å²) in [7, 11) is 0. The van der Waals surface area contributed by atoms with Crippen molar-refractivity contribution in [3.8, 4) is 5.75 Å². The number of para-hydroxylation sites is 1. The average Bonchev–Trinajstić information content (AvgIpc) is 2.41. The van der Waals surface area contributed by atoms with Gasteiger partial charge in [0.05, 0.1) is 0 Å². The molecule has 0 aliphatic heterocycles. The van der Waals surface area contributed by atoms with Crippen molar-refractivity contribution < 1.29 is 4.74 Å². The SMILES string of the molecule is C=CCOc1ccccc1CNCCCCC(C)C. The zero-order valence-corrected chi connectivity index (χ0v) is 12.3. The van der Waals surface area contributed by atoms with Crippen molar-refractivity contribution in [2.75, 3.05) is 13.2 Å². The second-order valence-corrected chi connectivity index (χ2v) is 5.27. The molecule has 0 fully saturated rings. The van der Waals surface area contributed by atoms with E-state index in [2.05, 4.69) is 37.9 Å². The molecule has 1 rings (SSSR count). The zero-order chi connectivity index (χ0) is 13.9. The van der Waals surface area contributed by atoms with E-state index in [4.69, 9.17) is 4.74 Å². The summed E-state index contributed by atoms with van der Waals surface area (Å²) in [6.45, 7) is 10.7. The van der Waals surface area contributed by atoms with E-state index in [0.717, 1.165) is 24.8 Å². The van der Waals surface area contributed by atoms with Crippen LogP contribution in [-0.2, 0) is 6.54 Å². The van der Waals surface area contributed by atoms with Gasteiger partial charge in [-0.1, -0.05) is 57.5 Å². The van der Waals surface area contributed by atoms with Crippen LogP contribution < -0.4 is 10.1 Å². The van der Waals surface area contributed by atoms with Crippen molar-refractivity contribution in [1.82, 2.24) is 5.32 Å². The molecule has 0 atom stereocenters. The van der Waals surface area contributed by atoms with E-state index in [1.165, 1.54) is 24.8 Å². The lowest BCUT2D eigenvalue weighted by Gasteiger charge is -2.11. The van der Waals surface area contributed by atoms with E-state index in [0.29, 0.717) is 6.61 Å². The second-order valence-electron chi connectivity index (χ2n) is 5.27. The summed E-state index contributed by atoms with van der Waals surface area (Å²) in [6, 6.07) is 8.18. The van der Waals surface area contributed by atoms with E-state index < -0.39 is 0 Å². The molecule has 106 valence electrons. The number of ether oxygens (including phenoxy) is 1. The molecule has 0 unspecified atom stereocenters. The Bertz CT molecular complexity index is 360. The van der Waals surface area contributed by atoms with Crippen LogP contribution in [0.3, 0.4) is 0 Å². The summed E-state index contributed by atoms with van der Waals surface area (Å²) in [5, 5.41) is 3.49. The van der Waals surface area contributed by atoms with Crippen LogP contribution in [0.5, 0.6) is 5.75 Å². The highest BCUT2D eigenvalue weighted by Crippen LogP contribution is 2.17. The van der Waals surface area contributed by atoms with Crippen LogP contribution in [0.4, 0.5) is 0 Å². The van der Waals surface area contributed by atoms with Gasteiger partial charge in [-0.3, -0.25) is 0 Å². The third-order valence-corrected chi connectivity index (χ3v) is 3.03. The highest BCUT2D eigenvalue weighted by Gasteiger charge is 2.01. The minimum absolute atomic E-state index is 0.561. The van der Waals surface area contributed by atoms with E-state index in [1.807, 2.05) is 12.1 Å². The average molecular weight is 261 g/mol. The van der Waals surface area contributed by atoms with Gasteiger partial charge in [0.1, 0.15) is 12.4 Å². The van der Waals surface area contributed by atoms with Gasteiger partial charge in [0.2, 0.25) is 0 Å². The molecular weight excluding hydrogens is 234 g/mol. The third kappa shape index (κ3) is 7.02. The Morgan fingerprint density at radius 2 is 2.05 bits per heavy atom. The highest BCUT2D eigenvalue weighted by atomic mass is 16.5. The Morgan fingerprint density at radius 3 is 2.79 bits per heavy atom. The fraction of sp³-hybridized carbons (Fsp3) is 0.529. The van der Waals surface area contributed by atoms with Crippen molar-refractivity contribution in [3.05, 3.63) is 42.5 Å². The zero-order valence-electron chi connectivity index (χ0n) is 12.3. The van der Waals surface area contributed by atoms with Gasteiger partial charge in [0.25, 0.3) is 0 Å². The highest BCUT2D eigenvalue weighted by molar-refractivity contribution is 5.33.